The highest BCUT2D eigenvalue weighted by Crippen LogP contribution is 2.34. The van der Waals surface area contributed by atoms with E-state index in [4.69, 9.17) is 5.73 Å². The average Bonchev–Trinajstić information content (AvgIpc) is 2.73. The number of carbonyl (C=O) groups is 1. The van der Waals surface area contributed by atoms with Gasteiger partial charge in [-0.15, -0.1) is 0 Å². The Morgan fingerprint density at radius 3 is 2.94 bits per heavy atom. The van der Waals surface area contributed by atoms with Gasteiger partial charge in [-0.3, -0.25) is 4.79 Å². The van der Waals surface area contributed by atoms with Gasteiger partial charge in [-0.1, -0.05) is 6.07 Å². The van der Waals surface area contributed by atoms with E-state index in [1.807, 2.05) is 17.9 Å². The Morgan fingerprint density at radius 1 is 1.67 bits per heavy atom. The molecule has 0 aromatic carbocycles. The Hall–Kier alpha value is -1.62. The molecule has 5 nitrogen and oxygen atoms in total. The number of nitrogens with two attached hydrogens (primary N) is 1. The molecule has 1 unspecified atom stereocenters. The zero-order chi connectivity index (χ0) is 13.3. The molecule has 1 aliphatic heterocycles. The molecule has 2 heterocycles. The van der Waals surface area contributed by atoms with Crippen LogP contribution in [-0.4, -0.2) is 29.1 Å². The van der Waals surface area contributed by atoms with Crippen molar-refractivity contribution < 1.29 is 9.90 Å². The van der Waals surface area contributed by atoms with E-state index in [-0.39, 0.29) is 5.91 Å². The van der Waals surface area contributed by atoms with E-state index in [1.165, 1.54) is 0 Å². The predicted octanol–water partition coefficient (Wildman–Crippen LogP) is 0.837. The van der Waals surface area contributed by atoms with Gasteiger partial charge in [0, 0.05) is 24.8 Å². The second-order valence-corrected chi connectivity index (χ2v) is 5.19. The van der Waals surface area contributed by atoms with Gasteiger partial charge in [-0.2, -0.15) is 0 Å². The van der Waals surface area contributed by atoms with Crippen LogP contribution in [-0.2, 0) is 4.79 Å². The molecule has 5 heteroatoms. The molecular formula is C13H19N3O2. The van der Waals surface area contributed by atoms with Gasteiger partial charge < -0.3 is 15.7 Å². The number of primary amides is 1. The highest BCUT2D eigenvalue weighted by Gasteiger charge is 2.39. The average molecular weight is 249 g/mol. The molecule has 18 heavy (non-hydrogen) atoms. The lowest BCUT2D eigenvalue weighted by molar-refractivity contribution is -0.125. The van der Waals surface area contributed by atoms with Crippen LogP contribution < -0.4 is 10.6 Å². The summed E-state index contributed by atoms with van der Waals surface area (Å²) in [5.41, 5.74) is 5.71. The van der Waals surface area contributed by atoms with E-state index in [1.54, 1.807) is 19.2 Å². The van der Waals surface area contributed by atoms with Gasteiger partial charge in [-0.05, 0) is 26.3 Å². The van der Waals surface area contributed by atoms with Crippen molar-refractivity contribution in [1.82, 2.24) is 4.98 Å². The molecule has 0 radical (unpaired) electrons. The lowest BCUT2D eigenvalue weighted by atomic mass is 9.89. The number of pyridine rings is 1. The van der Waals surface area contributed by atoms with Crippen LogP contribution in [0.1, 0.15) is 31.9 Å². The molecule has 0 bridgehead atoms. The molecule has 1 aliphatic rings. The Kier molecular flexibility index (Phi) is 3.26. The van der Waals surface area contributed by atoms with Gasteiger partial charge in [0.2, 0.25) is 5.91 Å². The molecule has 1 aromatic rings. The first-order valence-electron chi connectivity index (χ1n) is 6.12. The fourth-order valence-electron chi connectivity index (χ4n) is 2.34. The van der Waals surface area contributed by atoms with Crippen LogP contribution in [0.3, 0.4) is 0 Å². The lowest BCUT2D eigenvalue weighted by Gasteiger charge is -2.24. The minimum absolute atomic E-state index is 0.278. The maximum absolute atomic E-state index is 11.4. The van der Waals surface area contributed by atoms with Gasteiger partial charge in [0.05, 0.1) is 11.5 Å². The SMILES string of the molecule is C[C@@H](O)c1cccnc1N1CCC(C)(C(N)=O)C1. The normalized spacial score (nSPS) is 25.2. The molecule has 0 saturated carbocycles. The topological polar surface area (TPSA) is 79.5 Å². The maximum atomic E-state index is 11.4. The summed E-state index contributed by atoms with van der Waals surface area (Å²) in [5, 5.41) is 9.75. The number of carbonyl (C=O) groups excluding carboxylic acids is 1. The molecule has 3 N–H and O–H groups in total. The number of aliphatic hydroxyl groups is 1. The van der Waals surface area contributed by atoms with Crippen LogP contribution in [0.5, 0.6) is 0 Å². The van der Waals surface area contributed by atoms with E-state index >= 15 is 0 Å². The fourth-order valence-corrected chi connectivity index (χ4v) is 2.34. The summed E-state index contributed by atoms with van der Waals surface area (Å²) in [4.78, 5) is 17.8. The van der Waals surface area contributed by atoms with Gasteiger partial charge in [0.15, 0.2) is 0 Å². The Labute approximate surface area is 107 Å². The summed E-state index contributed by atoms with van der Waals surface area (Å²) < 4.78 is 0. The van der Waals surface area contributed by atoms with Crippen molar-refractivity contribution in [2.45, 2.75) is 26.4 Å². The third kappa shape index (κ3) is 2.18. The molecular weight excluding hydrogens is 230 g/mol. The van der Waals surface area contributed by atoms with Gasteiger partial charge in [0.1, 0.15) is 5.82 Å². The number of anilines is 1. The summed E-state index contributed by atoms with van der Waals surface area (Å²) in [7, 11) is 0. The summed E-state index contributed by atoms with van der Waals surface area (Å²) in [6.07, 6.45) is 1.84. The van der Waals surface area contributed by atoms with E-state index in [2.05, 4.69) is 4.98 Å². The first kappa shape index (κ1) is 12.8. The van der Waals surface area contributed by atoms with Crippen molar-refractivity contribution in [2.24, 2.45) is 11.1 Å². The predicted molar refractivity (Wildman–Crippen MR) is 69.0 cm³/mol. The van der Waals surface area contributed by atoms with E-state index in [0.29, 0.717) is 6.54 Å². The second-order valence-electron chi connectivity index (χ2n) is 5.19. The third-order valence-corrected chi connectivity index (χ3v) is 3.63. The van der Waals surface area contributed by atoms with Crippen LogP contribution in [0.15, 0.2) is 18.3 Å². The van der Waals surface area contributed by atoms with Gasteiger partial charge >= 0.3 is 0 Å². The zero-order valence-electron chi connectivity index (χ0n) is 10.8. The Morgan fingerprint density at radius 2 is 2.39 bits per heavy atom. The van der Waals surface area contributed by atoms with Crippen molar-refractivity contribution in [2.75, 3.05) is 18.0 Å². The minimum Gasteiger partial charge on any atom is -0.389 e. The fraction of sp³-hybridized carbons (Fsp3) is 0.538. The monoisotopic (exact) mass is 249 g/mol. The van der Waals surface area contributed by atoms with E-state index in [0.717, 1.165) is 24.3 Å². The highest BCUT2D eigenvalue weighted by atomic mass is 16.3. The standard InChI is InChI=1S/C13H19N3O2/c1-9(17)10-4-3-6-15-11(10)16-7-5-13(2,8-16)12(14)18/h3-4,6,9,17H,5,7-8H2,1-2H3,(H2,14,18)/t9-,13?/m1/s1. The van der Waals surface area contributed by atoms with Crippen LogP contribution in [0.2, 0.25) is 0 Å². The largest absolute Gasteiger partial charge is 0.389 e. The van der Waals surface area contributed by atoms with Crippen LogP contribution >= 0.6 is 0 Å². The molecule has 1 aromatic heterocycles. The van der Waals surface area contributed by atoms with Crippen molar-refractivity contribution in [1.29, 1.82) is 0 Å². The van der Waals surface area contributed by atoms with E-state index in [9.17, 15) is 9.90 Å². The number of nitrogens with zero attached hydrogens (tertiary/aromatic N) is 2. The smallest absolute Gasteiger partial charge is 0.225 e. The van der Waals surface area contributed by atoms with Crippen molar-refractivity contribution >= 4 is 11.7 Å². The van der Waals surface area contributed by atoms with Crippen LogP contribution in [0.25, 0.3) is 0 Å². The first-order chi connectivity index (χ1) is 8.44. The number of aliphatic hydroxyl groups excluding tert-OH is 1. The number of hydrogen-bond donors (Lipinski definition) is 2. The Balaban J connectivity index is 2.27. The molecule has 98 valence electrons. The van der Waals surface area contributed by atoms with Crippen molar-refractivity contribution in [3.05, 3.63) is 23.9 Å². The van der Waals surface area contributed by atoms with Crippen molar-refractivity contribution in [3.63, 3.8) is 0 Å². The molecule has 1 saturated heterocycles. The quantitative estimate of drug-likeness (QED) is 0.831. The maximum Gasteiger partial charge on any atom is 0.225 e. The van der Waals surface area contributed by atoms with Crippen molar-refractivity contribution in [3.8, 4) is 0 Å². The molecule has 0 aliphatic carbocycles. The molecule has 2 rings (SSSR count). The summed E-state index contributed by atoms with van der Waals surface area (Å²) in [6, 6.07) is 3.65. The summed E-state index contributed by atoms with van der Waals surface area (Å²) in [5.74, 6) is 0.469. The van der Waals surface area contributed by atoms with Gasteiger partial charge in [-0.25, -0.2) is 4.98 Å². The molecule has 1 amide bonds. The minimum atomic E-state index is -0.575. The highest BCUT2D eigenvalue weighted by molar-refractivity contribution is 5.82. The number of amides is 1. The Bertz CT molecular complexity index is 461. The van der Waals surface area contributed by atoms with Gasteiger partial charge in [0.25, 0.3) is 0 Å². The third-order valence-electron chi connectivity index (χ3n) is 3.63. The number of aromatic nitrogens is 1. The van der Waals surface area contributed by atoms with Crippen LogP contribution in [0.4, 0.5) is 5.82 Å². The van der Waals surface area contributed by atoms with Crippen LogP contribution in [0, 0.1) is 5.41 Å². The molecule has 1 fully saturated rings. The summed E-state index contributed by atoms with van der Waals surface area (Å²) >= 11 is 0. The number of rotatable bonds is 3. The first-order valence-corrected chi connectivity index (χ1v) is 6.12. The molecule has 0 spiro atoms. The second kappa shape index (κ2) is 4.57. The summed E-state index contributed by atoms with van der Waals surface area (Å²) in [6.45, 7) is 4.87. The zero-order valence-corrected chi connectivity index (χ0v) is 10.8. The number of hydrogen-bond acceptors (Lipinski definition) is 4. The lowest BCUT2D eigenvalue weighted by Crippen LogP contribution is -2.37. The van der Waals surface area contributed by atoms with E-state index < -0.39 is 11.5 Å². The molecule has 2 atom stereocenters.